The van der Waals surface area contributed by atoms with Crippen LogP contribution in [0.4, 0.5) is 0 Å². The van der Waals surface area contributed by atoms with E-state index in [1.54, 1.807) is 7.11 Å². The summed E-state index contributed by atoms with van der Waals surface area (Å²) in [5, 5.41) is 0.126. The van der Waals surface area contributed by atoms with E-state index in [0.717, 1.165) is 62.9 Å². The molecule has 0 saturated carbocycles. The zero-order valence-electron chi connectivity index (χ0n) is 46.1. The van der Waals surface area contributed by atoms with Crippen LogP contribution in [0.25, 0.3) is 0 Å². The summed E-state index contributed by atoms with van der Waals surface area (Å²) in [5.74, 6) is 1.93. The number of rotatable bonds is 25. The van der Waals surface area contributed by atoms with Crippen molar-refractivity contribution in [2.24, 2.45) is 17.8 Å². The highest BCUT2D eigenvalue weighted by Gasteiger charge is 2.57. The van der Waals surface area contributed by atoms with Crippen molar-refractivity contribution < 1.29 is 32.9 Å². The minimum atomic E-state index is -2.09. The van der Waals surface area contributed by atoms with Crippen molar-refractivity contribution in [3.05, 3.63) is 77.9 Å². The molecule has 0 bridgehead atoms. The molecule has 2 aromatic rings. The number of esters is 1. The molecule has 0 spiro atoms. The van der Waals surface area contributed by atoms with Crippen LogP contribution in [0.5, 0.6) is 5.75 Å². The van der Waals surface area contributed by atoms with Gasteiger partial charge in [0.25, 0.3) is 0 Å². The van der Waals surface area contributed by atoms with Gasteiger partial charge >= 0.3 is 5.97 Å². The highest BCUT2D eigenvalue weighted by Crippen LogP contribution is 2.56. The van der Waals surface area contributed by atoms with Crippen molar-refractivity contribution >= 4 is 22.4 Å². The summed E-state index contributed by atoms with van der Waals surface area (Å²) in [6.45, 7) is 43.9. The molecular formula is C58H98O7Si2. The highest BCUT2D eigenvalue weighted by molar-refractivity contribution is 6.84. The SMILES string of the molecule is COc1ccc(COC[C@H](C)C[C@H](C)C/C=C/[C@@H](C)[C@H](C[C@H](C[C@]2(C)CC[C@@](C)([C@H]3CC[C@@](C)([C@@H](C)O[Si](C)(C)C(C)(C)C)O3)O2)OC(=O)c2ccccc2)[Si](C(C)C)(C(C)C)C(C)C)cc1. The van der Waals surface area contributed by atoms with E-state index in [1.165, 1.54) is 0 Å². The Hall–Kier alpha value is -2.28. The third kappa shape index (κ3) is 14.7. The Balaban J connectivity index is 1.55. The van der Waals surface area contributed by atoms with Crippen molar-refractivity contribution in [3.63, 3.8) is 0 Å². The van der Waals surface area contributed by atoms with Gasteiger partial charge in [0, 0.05) is 13.0 Å². The quantitative estimate of drug-likeness (QED) is 0.0558. The molecule has 380 valence electrons. The van der Waals surface area contributed by atoms with Crippen LogP contribution in [0, 0.1) is 17.8 Å². The van der Waals surface area contributed by atoms with Gasteiger partial charge in [-0.1, -0.05) is 142 Å². The Bertz CT molecular complexity index is 1820. The van der Waals surface area contributed by atoms with Crippen molar-refractivity contribution in [2.45, 2.75) is 244 Å². The van der Waals surface area contributed by atoms with Crippen LogP contribution in [0.3, 0.4) is 0 Å². The Morgan fingerprint density at radius 1 is 0.821 bits per heavy atom. The molecule has 9 heteroatoms. The summed E-state index contributed by atoms with van der Waals surface area (Å²) < 4.78 is 39.6. The van der Waals surface area contributed by atoms with Crippen LogP contribution in [0.15, 0.2) is 66.7 Å². The first-order chi connectivity index (χ1) is 31.1. The van der Waals surface area contributed by atoms with Crippen molar-refractivity contribution in [2.75, 3.05) is 13.7 Å². The fraction of sp³-hybridized carbons (Fsp3) is 0.741. The molecule has 2 aliphatic heterocycles. The minimum Gasteiger partial charge on any atom is -0.497 e. The zero-order chi connectivity index (χ0) is 50.2. The van der Waals surface area contributed by atoms with Crippen LogP contribution in [0.2, 0.25) is 40.3 Å². The molecule has 2 saturated heterocycles. The van der Waals surface area contributed by atoms with Gasteiger partial charge in [0.1, 0.15) is 11.9 Å². The molecule has 2 aromatic carbocycles. The Kier molecular flexibility index (Phi) is 20.3. The molecule has 7 nitrogen and oxygen atoms in total. The van der Waals surface area contributed by atoms with Crippen molar-refractivity contribution in [1.29, 1.82) is 0 Å². The number of benzene rings is 2. The van der Waals surface area contributed by atoms with E-state index >= 15 is 0 Å². The standard InChI is InChI=1S/C58H98O7Si2/c1-41(2)67(42(3)4,43(5)6)52(46(9)25-23-24-44(7)36-45(8)39-61-40-48-28-30-50(60-17)31-29-48)37-51(62-54(59)49-26-21-20-22-27-49)38-56(14)34-35-58(16,65-56)53-32-33-57(15,63-53)47(10)64-66(18,19)55(11,12)13/h20-23,25-31,41-47,51-53H,24,32-40H2,1-19H3/b25-23+/t44-,45-,46-,47-,51-,52+,53-,56+,57+,58+/m1/s1. The normalized spacial score (nSPS) is 25.7. The summed E-state index contributed by atoms with van der Waals surface area (Å²) >= 11 is 0. The summed E-state index contributed by atoms with van der Waals surface area (Å²) in [5.41, 5.74) is 2.49. The fourth-order valence-corrected chi connectivity index (χ4v) is 22.1. The van der Waals surface area contributed by atoms with Crippen LogP contribution < -0.4 is 4.74 Å². The smallest absolute Gasteiger partial charge is 0.338 e. The number of allylic oxidation sites excluding steroid dienone is 2. The second-order valence-corrected chi connectivity index (χ2v) is 35.5. The predicted octanol–water partition coefficient (Wildman–Crippen LogP) is 16.2. The Morgan fingerprint density at radius 3 is 2.00 bits per heavy atom. The first kappa shape index (κ1) is 57.3. The average Bonchev–Trinajstić information content (AvgIpc) is 3.80. The maximum Gasteiger partial charge on any atom is 0.338 e. The lowest BCUT2D eigenvalue weighted by Gasteiger charge is -2.52. The third-order valence-corrected chi connectivity index (χ3v) is 29.7. The lowest BCUT2D eigenvalue weighted by Crippen LogP contribution is -2.52. The van der Waals surface area contributed by atoms with Gasteiger partial charge in [-0.3, -0.25) is 0 Å². The van der Waals surface area contributed by atoms with Crippen LogP contribution >= 0.6 is 0 Å². The lowest BCUT2D eigenvalue weighted by molar-refractivity contribution is -0.188. The van der Waals surface area contributed by atoms with E-state index in [-0.39, 0.29) is 34.9 Å². The number of ether oxygens (including phenoxy) is 5. The molecule has 2 aliphatic rings. The predicted molar refractivity (Wildman–Crippen MR) is 286 cm³/mol. The van der Waals surface area contributed by atoms with Gasteiger partial charge in [-0.25, -0.2) is 4.79 Å². The fourth-order valence-electron chi connectivity index (χ4n) is 12.4. The van der Waals surface area contributed by atoms with Gasteiger partial charge < -0.3 is 28.1 Å². The van der Waals surface area contributed by atoms with Crippen LogP contribution in [-0.4, -0.2) is 71.2 Å². The zero-order valence-corrected chi connectivity index (χ0v) is 48.1. The Labute approximate surface area is 412 Å². The molecule has 0 amide bonds. The van der Waals surface area contributed by atoms with Gasteiger partial charge in [0.2, 0.25) is 0 Å². The largest absolute Gasteiger partial charge is 0.497 e. The molecule has 0 radical (unpaired) electrons. The molecule has 0 aliphatic carbocycles. The van der Waals surface area contributed by atoms with Crippen molar-refractivity contribution in [3.8, 4) is 5.75 Å². The summed E-state index contributed by atoms with van der Waals surface area (Å²) in [7, 11) is -2.38. The number of hydrogen-bond acceptors (Lipinski definition) is 7. The molecule has 0 unspecified atom stereocenters. The van der Waals surface area contributed by atoms with Crippen LogP contribution in [0.1, 0.15) is 178 Å². The van der Waals surface area contributed by atoms with Crippen LogP contribution in [-0.2, 0) is 30.0 Å². The molecule has 2 heterocycles. The first-order valence-corrected chi connectivity index (χ1v) is 31.5. The summed E-state index contributed by atoms with van der Waals surface area (Å²) in [4.78, 5) is 14.2. The van der Waals surface area contributed by atoms with E-state index in [4.69, 9.17) is 28.1 Å². The van der Waals surface area contributed by atoms with Gasteiger partial charge in [0.15, 0.2) is 8.32 Å². The lowest BCUT2D eigenvalue weighted by atomic mass is 9.88. The van der Waals surface area contributed by atoms with Crippen molar-refractivity contribution in [1.82, 2.24) is 0 Å². The topological polar surface area (TPSA) is 72.5 Å². The third-order valence-electron chi connectivity index (χ3n) is 17.1. The molecule has 67 heavy (non-hydrogen) atoms. The Morgan fingerprint density at radius 2 is 1.43 bits per heavy atom. The average molecular weight is 964 g/mol. The monoisotopic (exact) mass is 963 g/mol. The number of carbonyl (C=O) groups excluding carboxylic acids is 1. The van der Waals surface area contributed by atoms with Gasteiger partial charge in [-0.2, -0.15) is 0 Å². The first-order valence-electron chi connectivity index (χ1n) is 26.3. The molecular weight excluding hydrogens is 865 g/mol. The molecule has 4 rings (SSSR count). The maximum absolute atomic E-state index is 14.2. The molecule has 10 atom stereocenters. The van der Waals surface area contributed by atoms with Gasteiger partial charge in [0.05, 0.1) is 56.4 Å². The van der Waals surface area contributed by atoms with Gasteiger partial charge in [-0.15, -0.1) is 0 Å². The number of hydrogen-bond donors (Lipinski definition) is 0. The van der Waals surface area contributed by atoms with E-state index < -0.39 is 27.6 Å². The molecule has 0 N–H and O–H groups in total. The molecule has 2 fully saturated rings. The minimum absolute atomic E-state index is 0.0144. The van der Waals surface area contributed by atoms with E-state index in [2.05, 4.69) is 148 Å². The second-order valence-electron chi connectivity index (χ2n) is 24.6. The van der Waals surface area contributed by atoms with E-state index in [1.807, 2.05) is 42.5 Å². The summed E-state index contributed by atoms with van der Waals surface area (Å²) in [6, 6.07) is 17.7. The van der Waals surface area contributed by atoms with Gasteiger partial charge in [-0.05, 0) is 144 Å². The van der Waals surface area contributed by atoms with E-state index in [9.17, 15) is 4.79 Å². The highest BCUT2D eigenvalue weighted by atomic mass is 28.4. The number of methoxy groups -OCH3 is 1. The summed E-state index contributed by atoms with van der Waals surface area (Å²) in [6.07, 6.45) is 11.9. The maximum atomic E-state index is 14.2. The molecule has 0 aromatic heterocycles. The van der Waals surface area contributed by atoms with E-state index in [0.29, 0.717) is 58.5 Å². The second kappa shape index (κ2) is 23.8. The number of carbonyl (C=O) groups is 1.